The Morgan fingerprint density at radius 1 is 1.08 bits per heavy atom. The number of amides is 1. The van der Waals surface area contributed by atoms with Crippen molar-refractivity contribution in [2.24, 2.45) is 0 Å². The van der Waals surface area contributed by atoms with E-state index >= 15 is 0 Å². The van der Waals surface area contributed by atoms with Gasteiger partial charge in [-0.25, -0.2) is 4.79 Å². The van der Waals surface area contributed by atoms with E-state index in [1.54, 1.807) is 6.07 Å². The number of aryl methyl sites for hydroxylation is 1. The third kappa shape index (κ3) is 6.12. The number of carbonyl (C=O) groups is 2. The molecule has 1 saturated carbocycles. The molecule has 4 aromatic rings. The molecule has 202 valence electrons. The molecule has 1 atom stereocenters. The van der Waals surface area contributed by atoms with Crippen molar-refractivity contribution in [3.05, 3.63) is 99.2 Å². The number of benzene rings is 3. The van der Waals surface area contributed by atoms with Gasteiger partial charge in [0.05, 0.1) is 0 Å². The number of carboxylic acids is 1. The van der Waals surface area contributed by atoms with Crippen LogP contribution >= 0.6 is 11.6 Å². The van der Waals surface area contributed by atoms with Crippen LogP contribution in [0.5, 0.6) is 5.75 Å². The van der Waals surface area contributed by atoms with Crippen molar-refractivity contribution >= 4 is 34.4 Å². The molecule has 0 spiro atoms. The second-order valence-corrected chi connectivity index (χ2v) is 10.9. The Hall–Kier alpha value is -3.77. The van der Waals surface area contributed by atoms with Crippen molar-refractivity contribution in [1.82, 2.24) is 9.88 Å². The van der Waals surface area contributed by atoms with Crippen molar-refractivity contribution in [3.63, 3.8) is 0 Å². The number of nitrogens with one attached hydrogen (secondary N) is 1. The summed E-state index contributed by atoms with van der Waals surface area (Å²) in [4.78, 5) is 24.2. The molecule has 0 unspecified atom stereocenters. The SMILES string of the molecule is Cc1c(C)n(Cc2cc(Cl)cc(O[C@@H](C)C(=O)O)c2)c2ccc(C(=O)NCCc3cccc(C4CC4)c3)cc12. The van der Waals surface area contributed by atoms with E-state index in [0.29, 0.717) is 29.4 Å². The van der Waals surface area contributed by atoms with Crippen LogP contribution in [0.3, 0.4) is 0 Å². The monoisotopic (exact) mass is 544 g/mol. The van der Waals surface area contributed by atoms with Crippen LogP contribution in [0, 0.1) is 13.8 Å². The van der Waals surface area contributed by atoms with Crippen LogP contribution in [0.1, 0.15) is 64.0 Å². The molecule has 6 nitrogen and oxygen atoms in total. The summed E-state index contributed by atoms with van der Waals surface area (Å²) in [5.41, 5.74) is 7.40. The molecule has 0 radical (unpaired) electrons. The number of hydrogen-bond donors (Lipinski definition) is 2. The third-order valence-corrected chi connectivity index (χ3v) is 7.75. The van der Waals surface area contributed by atoms with E-state index in [1.807, 2.05) is 30.3 Å². The number of ether oxygens (including phenoxy) is 1. The number of fused-ring (bicyclic) bond motifs is 1. The Kier molecular flexibility index (Phi) is 7.67. The van der Waals surface area contributed by atoms with Crippen LogP contribution < -0.4 is 10.1 Å². The lowest BCUT2D eigenvalue weighted by Crippen LogP contribution is -2.25. The first kappa shape index (κ1) is 26.8. The summed E-state index contributed by atoms with van der Waals surface area (Å²) in [5.74, 6) is 0.0166. The quantitative estimate of drug-likeness (QED) is 0.234. The Morgan fingerprint density at radius 2 is 1.87 bits per heavy atom. The molecule has 0 aliphatic heterocycles. The van der Waals surface area contributed by atoms with E-state index < -0.39 is 12.1 Å². The highest BCUT2D eigenvalue weighted by Crippen LogP contribution is 2.40. The number of rotatable bonds is 10. The number of carboxylic acid groups (broad SMARTS) is 1. The maximum atomic E-state index is 13.0. The topological polar surface area (TPSA) is 80.6 Å². The maximum Gasteiger partial charge on any atom is 0.344 e. The van der Waals surface area contributed by atoms with Crippen LogP contribution in [0.2, 0.25) is 5.02 Å². The Labute approximate surface area is 233 Å². The molecule has 1 aromatic heterocycles. The molecule has 1 fully saturated rings. The van der Waals surface area contributed by atoms with Crippen LogP contribution in [-0.2, 0) is 17.8 Å². The highest BCUT2D eigenvalue weighted by atomic mass is 35.5. The largest absolute Gasteiger partial charge is 0.479 e. The minimum absolute atomic E-state index is 0.0794. The Morgan fingerprint density at radius 3 is 2.62 bits per heavy atom. The van der Waals surface area contributed by atoms with E-state index in [0.717, 1.165) is 40.1 Å². The van der Waals surface area contributed by atoms with E-state index in [4.69, 9.17) is 16.3 Å². The molecule has 1 aliphatic carbocycles. The third-order valence-electron chi connectivity index (χ3n) is 7.53. The van der Waals surface area contributed by atoms with Crippen LogP contribution in [0.4, 0.5) is 0 Å². The van der Waals surface area contributed by atoms with Gasteiger partial charge >= 0.3 is 5.97 Å². The van der Waals surface area contributed by atoms with Crippen molar-refractivity contribution in [2.45, 2.75) is 58.6 Å². The predicted octanol–water partition coefficient (Wildman–Crippen LogP) is 6.66. The summed E-state index contributed by atoms with van der Waals surface area (Å²) in [5, 5.41) is 13.8. The van der Waals surface area contributed by atoms with Gasteiger partial charge in [0.25, 0.3) is 5.91 Å². The second kappa shape index (κ2) is 11.1. The summed E-state index contributed by atoms with van der Waals surface area (Å²) in [6.45, 7) is 6.71. The number of halogens is 1. The zero-order chi connectivity index (χ0) is 27.7. The van der Waals surface area contributed by atoms with E-state index in [9.17, 15) is 14.7 Å². The van der Waals surface area contributed by atoms with Gasteiger partial charge < -0.3 is 19.7 Å². The summed E-state index contributed by atoms with van der Waals surface area (Å²) in [7, 11) is 0. The van der Waals surface area contributed by atoms with E-state index in [-0.39, 0.29) is 5.91 Å². The van der Waals surface area contributed by atoms with Crippen LogP contribution in [0.25, 0.3) is 10.9 Å². The molecular formula is C32H33ClN2O4. The van der Waals surface area contributed by atoms with Crippen molar-refractivity contribution < 1.29 is 19.4 Å². The minimum atomic E-state index is -1.04. The lowest BCUT2D eigenvalue weighted by molar-refractivity contribution is -0.144. The average molecular weight is 545 g/mol. The predicted molar refractivity (Wildman–Crippen MR) is 154 cm³/mol. The Bertz CT molecular complexity index is 1550. The summed E-state index contributed by atoms with van der Waals surface area (Å²) >= 11 is 6.32. The first-order chi connectivity index (χ1) is 18.7. The highest BCUT2D eigenvalue weighted by molar-refractivity contribution is 6.30. The number of nitrogens with zero attached hydrogens (tertiary/aromatic N) is 1. The fourth-order valence-electron chi connectivity index (χ4n) is 5.05. The van der Waals surface area contributed by atoms with Gasteiger partial charge in [-0.15, -0.1) is 0 Å². The van der Waals surface area contributed by atoms with Crippen molar-refractivity contribution in [2.75, 3.05) is 6.54 Å². The van der Waals surface area contributed by atoms with Gasteiger partial charge in [-0.1, -0.05) is 35.9 Å². The summed E-state index contributed by atoms with van der Waals surface area (Å²) in [6.07, 6.45) is 2.39. The molecule has 7 heteroatoms. The van der Waals surface area contributed by atoms with E-state index in [1.165, 1.54) is 30.9 Å². The van der Waals surface area contributed by atoms with Crippen LogP contribution in [-0.4, -0.2) is 34.2 Å². The Balaban J connectivity index is 1.30. The van der Waals surface area contributed by atoms with Crippen molar-refractivity contribution in [1.29, 1.82) is 0 Å². The molecule has 5 rings (SSSR count). The van der Waals surface area contributed by atoms with Crippen molar-refractivity contribution in [3.8, 4) is 5.75 Å². The highest BCUT2D eigenvalue weighted by Gasteiger charge is 2.23. The standard InChI is InChI=1S/C32H33ClN2O4/c1-19-20(2)35(18-23-14-27(33)17-28(15-23)39-21(3)32(37)38)30-10-9-26(16-29(19)30)31(36)34-12-11-22-5-4-6-25(13-22)24-7-8-24/h4-6,9-10,13-17,21,24H,7-8,11-12,18H2,1-3H3,(H,34,36)(H,37,38)/t21-/m0/s1. The number of aromatic nitrogens is 1. The first-order valence-electron chi connectivity index (χ1n) is 13.3. The van der Waals surface area contributed by atoms with Gasteiger partial charge in [0.2, 0.25) is 0 Å². The molecule has 1 amide bonds. The van der Waals surface area contributed by atoms with Gasteiger partial charge in [0.15, 0.2) is 6.10 Å². The first-order valence-corrected chi connectivity index (χ1v) is 13.7. The fourth-order valence-corrected chi connectivity index (χ4v) is 5.30. The summed E-state index contributed by atoms with van der Waals surface area (Å²) in [6, 6.07) is 19.8. The fraction of sp³-hybridized carbons (Fsp3) is 0.312. The molecule has 1 aliphatic rings. The smallest absolute Gasteiger partial charge is 0.344 e. The van der Waals surface area contributed by atoms with E-state index in [2.05, 4.69) is 48.0 Å². The number of carbonyl (C=O) groups excluding carboxylic acids is 1. The zero-order valence-electron chi connectivity index (χ0n) is 22.5. The average Bonchev–Trinajstić information content (AvgIpc) is 3.73. The zero-order valence-corrected chi connectivity index (χ0v) is 23.2. The van der Waals surface area contributed by atoms with Gasteiger partial charge in [-0.05, 0) is 105 Å². The molecule has 0 bridgehead atoms. The number of hydrogen-bond acceptors (Lipinski definition) is 3. The summed E-state index contributed by atoms with van der Waals surface area (Å²) < 4.78 is 7.72. The second-order valence-electron chi connectivity index (χ2n) is 10.4. The molecule has 0 saturated heterocycles. The molecule has 1 heterocycles. The molecule has 39 heavy (non-hydrogen) atoms. The molecular weight excluding hydrogens is 512 g/mol. The van der Waals surface area contributed by atoms with Crippen LogP contribution in [0.15, 0.2) is 60.7 Å². The molecule has 2 N–H and O–H groups in total. The lowest BCUT2D eigenvalue weighted by atomic mass is 10.0. The number of aliphatic carboxylic acids is 1. The van der Waals surface area contributed by atoms with Gasteiger partial charge in [0.1, 0.15) is 5.75 Å². The van der Waals surface area contributed by atoms with Gasteiger partial charge in [0, 0.05) is 40.3 Å². The minimum Gasteiger partial charge on any atom is -0.479 e. The molecule has 3 aromatic carbocycles. The van der Waals surface area contributed by atoms with Gasteiger partial charge in [-0.3, -0.25) is 4.79 Å². The normalized spacial score (nSPS) is 13.8. The maximum absolute atomic E-state index is 13.0. The lowest BCUT2D eigenvalue weighted by Gasteiger charge is -2.14. The van der Waals surface area contributed by atoms with Gasteiger partial charge in [-0.2, -0.15) is 0 Å².